The van der Waals surface area contributed by atoms with Crippen LogP contribution in [-0.4, -0.2) is 95.6 Å². The largest absolute Gasteiger partial charge is 0.490 e. The molecule has 1 atom stereocenters. The predicted molar refractivity (Wildman–Crippen MR) is 199 cm³/mol. The van der Waals surface area contributed by atoms with Gasteiger partial charge >= 0.3 is 0 Å². The lowest BCUT2D eigenvalue weighted by atomic mass is 9.91. The van der Waals surface area contributed by atoms with Gasteiger partial charge in [0, 0.05) is 82.4 Å². The van der Waals surface area contributed by atoms with Gasteiger partial charge in [-0.3, -0.25) is 39.1 Å². The number of imide groups is 2. The molecule has 5 aliphatic heterocycles. The monoisotopic (exact) mass is 748 g/mol. The van der Waals surface area contributed by atoms with Crippen LogP contribution in [0.2, 0.25) is 5.02 Å². The molecule has 3 saturated heterocycles. The zero-order valence-corrected chi connectivity index (χ0v) is 30.6. The number of fused-ring (bicyclic) bond motifs is 2. The van der Waals surface area contributed by atoms with Crippen molar-refractivity contribution in [3.63, 3.8) is 0 Å². The number of benzene rings is 3. The number of carbonyl (C=O) groups is 5. The molecule has 5 heterocycles. The van der Waals surface area contributed by atoms with Crippen molar-refractivity contribution in [2.45, 2.75) is 63.6 Å². The van der Waals surface area contributed by atoms with Crippen LogP contribution in [-0.2, 0) is 22.6 Å². The molecule has 3 aromatic rings. The number of likely N-dealkylation sites (tertiary alicyclic amines) is 1. The highest BCUT2D eigenvalue weighted by molar-refractivity contribution is 6.31. The van der Waals surface area contributed by atoms with Crippen LogP contribution in [0.15, 0.2) is 54.6 Å². The second kappa shape index (κ2) is 14.9. The van der Waals surface area contributed by atoms with Crippen LogP contribution in [0.3, 0.4) is 0 Å². The maximum Gasteiger partial charge on any atom is 0.262 e. The Kier molecular flexibility index (Phi) is 9.85. The summed E-state index contributed by atoms with van der Waals surface area (Å²) in [7, 11) is 0. The van der Waals surface area contributed by atoms with Gasteiger partial charge in [-0.15, -0.1) is 0 Å². The Morgan fingerprint density at radius 1 is 0.833 bits per heavy atom. The van der Waals surface area contributed by atoms with Crippen molar-refractivity contribution in [1.29, 1.82) is 5.26 Å². The Bertz CT molecular complexity index is 2060. The van der Waals surface area contributed by atoms with E-state index in [1.54, 1.807) is 18.2 Å². The van der Waals surface area contributed by atoms with Gasteiger partial charge < -0.3 is 14.5 Å². The van der Waals surface area contributed by atoms with Crippen molar-refractivity contribution in [2.75, 3.05) is 44.2 Å². The molecular formula is C41H41ClN6O6. The number of anilines is 1. The van der Waals surface area contributed by atoms with E-state index in [0.29, 0.717) is 58.6 Å². The molecular weight excluding hydrogens is 708 g/mol. The molecule has 12 nitrogen and oxygen atoms in total. The Labute approximate surface area is 318 Å². The fourth-order valence-corrected chi connectivity index (χ4v) is 8.72. The average molecular weight is 749 g/mol. The van der Waals surface area contributed by atoms with E-state index >= 15 is 0 Å². The quantitative estimate of drug-likeness (QED) is 0.344. The van der Waals surface area contributed by atoms with Gasteiger partial charge in [0.25, 0.3) is 17.7 Å². The molecule has 1 N–H and O–H groups in total. The highest BCUT2D eigenvalue weighted by Crippen LogP contribution is 2.33. The smallest absolute Gasteiger partial charge is 0.262 e. The van der Waals surface area contributed by atoms with E-state index in [1.165, 1.54) is 0 Å². The lowest BCUT2D eigenvalue weighted by Gasteiger charge is -2.37. The standard InChI is InChI=1S/C41H41ClN6O6/c42-35-21-32(6-3-28(35)22-43)54-31-12-17-46(18-13-31)30-4-1-26(2-5-30)39(51)47-15-9-25(10-16-47)23-45-14-11-27-19-33-34(20-29(27)24-45)41(53)48(40(33)52)36-7-8-37(49)44-38(36)50/h1-6,19-21,25,31,36H,7-18,23-24H2,(H,44,49,50). The Hall–Kier alpha value is -5.25. The van der Waals surface area contributed by atoms with Gasteiger partial charge in [0.1, 0.15) is 24.0 Å². The van der Waals surface area contributed by atoms with Gasteiger partial charge in [-0.25, -0.2) is 0 Å². The van der Waals surface area contributed by atoms with Crippen LogP contribution >= 0.6 is 11.6 Å². The Morgan fingerprint density at radius 3 is 2.20 bits per heavy atom. The molecule has 278 valence electrons. The summed E-state index contributed by atoms with van der Waals surface area (Å²) in [5, 5.41) is 11.7. The molecule has 0 spiro atoms. The maximum atomic E-state index is 13.5. The molecule has 0 aromatic heterocycles. The number of hydrogen-bond donors (Lipinski definition) is 1. The average Bonchev–Trinajstić information content (AvgIpc) is 3.42. The molecule has 3 aromatic carbocycles. The van der Waals surface area contributed by atoms with Crippen LogP contribution < -0.4 is 15.0 Å². The molecule has 8 rings (SSSR count). The Balaban J connectivity index is 0.804. The summed E-state index contributed by atoms with van der Waals surface area (Å²) >= 11 is 6.17. The Morgan fingerprint density at radius 2 is 1.54 bits per heavy atom. The van der Waals surface area contributed by atoms with Gasteiger partial charge in [-0.1, -0.05) is 11.6 Å². The lowest BCUT2D eigenvalue weighted by molar-refractivity contribution is -0.136. The van der Waals surface area contributed by atoms with Crippen LogP contribution in [0, 0.1) is 17.2 Å². The molecule has 0 radical (unpaired) electrons. The zero-order chi connectivity index (χ0) is 37.5. The molecule has 13 heteroatoms. The van der Waals surface area contributed by atoms with Gasteiger partial charge in [0.05, 0.1) is 21.7 Å². The van der Waals surface area contributed by atoms with Gasteiger partial charge in [0.15, 0.2) is 0 Å². The molecule has 0 bridgehead atoms. The highest BCUT2D eigenvalue weighted by Gasteiger charge is 2.45. The molecule has 5 amide bonds. The minimum Gasteiger partial charge on any atom is -0.490 e. The molecule has 3 fully saturated rings. The normalized spacial score (nSPS) is 21.1. The number of ether oxygens (including phenoxy) is 1. The van der Waals surface area contributed by atoms with Crippen molar-refractivity contribution >= 4 is 46.8 Å². The summed E-state index contributed by atoms with van der Waals surface area (Å²) < 4.78 is 6.13. The second-order valence-electron chi connectivity index (χ2n) is 14.9. The molecule has 0 saturated carbocycles. The summed E-state index contributed by atoms with van der Waals surface area (Å²) in [5.41, 5.74) is 4.94. The van der Waals surface area contributed by atoms with Gasteiger partial charge in [0.2, 0.25) is 11.8 Å². The van der Waals surface area contributed by atoms with Crippen LogP contribution in [0.4, 0.5) is 5.69 Å². The minimum absolute atomic E-state index is 0.0551. The number of carbonyl (C=O) groups excluding carboxylic acids is 5. The van der Waals surface area contributed by atoms with E-state index in [9.17, 15) is 24.0 Å². The van der Waals surface area contributed by atoms with Crippen LogP contribution in [0.25, 0.3) is 0 Å². The highest BCUT2D eigenvalue weighted by atomic mass is 35.5. The lowest BCUT2D eigenvalue weighted by Crippen LogP contribution is -2.54. The topological polar surface area (TPSA) is 143 Å². The van der Waals surface area contributed by atoms with E-state index in [0.717, 1.165) is 80.0 Å². The van der Waals surface area contributed by atoms with Crippen molar-refractivity contribution in [3.8, 4) is 11.8 Å². The second-order valence-corrected chi connectivity index (χ2v) is 15.3. The number of rotatable bonds is 7. The van der Waals surface area contributed by atoms with Crippen LogP contribution in [0.5, 0.6) is 5.75 Å². The van der Waals surface area contributed by atoms with E-state index in [4.69, 9.17) is 21.6 Å². The number of amides is 5. The van der Waals surface area contributed by atoms with E-state index in [-0.39, 0.29) is 24.9 Å². The number of nitrogens with zero attached hydrogens (tertiary/aromatic N) is 5. The number of halogens is 1. The van der Waals surface area contributed by atoms with Crippen LogP contribution in [0.1, 0.15) is 86.3 Å². The van der Waals surface area contributed by atoms with E-state index < -0.39 is 29.7 Å². The summed E-state index contributed by atoms with van der Waals surface area (Å²) in [4.78, 5) is 71.9. The third kappa shape index (κ3) is 7.06. The van der Waals surface area contributed by atoms with Crippen molar-refractivity contribution in [2.24, 2.45) is 5.92 Å². The van der Waals surface area contributed by atoms with Gasteiger partial charge in [-0.05, 0) is 91.3 Å². The van der Waals surface area contributed by atoms with Crippen molar-refractivity contribution < 1.29 is 28.7 Å². The molecule has 5 aliphatic rings. The van der Waals surface area contributed by atoms with E-state index in [1.807, 2.05) is 41.3 Å². The third-order valence-corrected chi connectivity index (χ3v) is 11.9. The number of hydrogen-bond acceptors (Lipinski definition) is 9. The zero-order valence-electron chi connectivity index (χ0n) is 29.9. The predicted octanol–water partition coefficient (Wildman–Crippen LogP) is 4.57. The number of nitrogens with one attached hydrogen (secondary N) is 1. The molecule has 54 heavy (non-hydrogen) atoms. The third-order valence-electron chi connectivity index (χ3n) is 11.6. The fraction of sp³-hybridized carbons (Fsp3) is 0.415. The summed E-state index contributed by atoms with van der Waals surface area (Å²) in [6.45, 7) is 5.48. The first-order valence-corrected chi connectivity index (χ1v) is 19.1. The number of piperidine rings is 3. The van der Waals surface area contributed by atoms with E-state index in [2.05, 4.69) is 21.2 Å². The SMILES string of the molecule is N#Cc1ccc(OC2CCN(c3ccc(C(=O)N4CCC(CN5CCc6cc7c(cc6C5)C(=O)N(C5CCC(=O)NC5=O)C7=O)CC4)cc3)CC2)cc1Cl. The maximum absolute atomic E-state index is 13.5. The van der Waals surface area contributed by atoms with Crippen molar-refractivity contribution in [3.05, 3.63) is 93.0 Å². The first-order valence-electron chi connectivity index (χ1n) is 18.8. The first-order chi connectivity index (χ1) is 26.1. The molecule has 1 unspecified atom stereocenters. The number of nitriles is 1. The first kappa shape index (κ1) is 35.8. The summed E-state index contributed by atoms with van der Waals surface area (Å²) in [6.07, 6.45) is 4.59. The minimum atomic E-state index is -0.973. The van der Waals surface area contributed by atoms with Gasteiger partial charge in [-0.2, -0.15) is 5.26 Å². The fourth-order valence-electron chi connectivity index (χ4n) is 8.51. The summed E-state index contributed by atoms with van der Waals surface area (Å²) in [5.74, 6) is -0.775. The summed E-state index contributed by atoms with van der Waals surface area (Å²) in [6, 6.07) is 17.8. The molecule has 0 aliphatic carbocycles. The van der Waals surface area contributed by atoms with Crippen molar-refractivity contribution in [1.82, 2.24) is 20.0 Å².